The van der Waals surface area contributed by atoms with Crippen molar-refractivity contribution in [2.24, 2.45) is 5.92 Å². The summed E-state index contributed by atoms with van der Waals surface area (Å²) >= 11 is 0. The highest BCUT2D eigenvalue weighted by Crippen LogP contribution is 2.32. The van der Waals surface area contributed by atoms with E-state index >= 15 is 0 Å². The Morgan fingerprint density at radius 1 is 1.21 bits per heavy atom. The van der Waals surface area contributed by atoms with Crippen LogP contribution < -0.4 is 9.47 Å². The molecule has 3 atom stereocenters. The second-order valence-corrected chi connectivity index (χ2v) is 11.7. The molecule has 1 aliphatic rings. The molecule has 0 fully saturated rings. The Morgan fingerprint density at radius 2 is 1.92 bits per heavy atom. The number of nitrogens with zero attached hydrogens (tertiary/aromatic N) is 3. The highest BCUT2D eigenvalue weighted by atomic mass is 32.2. The van der Waals surface area contributed by atoms with Crippen molar-refractivity contribution >= 4 is 15.9 Å². The zero-order valence-corrected chi connectivity index (χ0v) is 23.1. The van der Waals surface area contributed by atoms with E-state index in [0.717, 1.165) is 22.0 Å². The Hall–Kier alpha value is -3.54. The predicted molar refractivity (Wildman–Crippen MR) is 144 cm³/mol. The Balaban J connectivity index is 1.71. The van der Waals surface area contributed by atoms with Crippen LogP contribution in [0.5, 0.6) is 11.6 Å². The third kappa shape index (κ3) is 6.05. The van der Waals surface area contributed by atoms with Crippen molar-refractivity contribution in [2.75, 3.05) is 33.9 Å². The number of benzene rings is 2. The lowest BCUT2D eigenvalue weighted by Crippen LogP contribution is -2.50. The number of aliphatic hydroxyl groups is 1. The molecule has 1 amide bonds. The van der Waals surface area contributed by atoms with Gasteiger partial charge in [0.1, 0.15) is 23.2 Å². The van der Waals surface area contributed by atoms with Crippen LogP contribution in [0.1, 0.15) is 24.2 Å². The minimum absolute atomic E-state index is 0.0444. The first-order valence-electron chi connectivity index (χ1n) is 12.5. The van der Waals surface area contributed by atoms with E-state index < -0.39 is 28.0 Å². The van der Waals surface area contributed by atoms with Crippen LogP contribution in [0.2, 0.25) is 0 Å². The van der Waals surface area contributed by atoms with Gasteiger partial charge >= 0.3 is 0 Å². The van der Waals surface area contributed by atoms with Crippen LogP contribution in [0.3, 0.4) is 0 Å². The highest BCUT2D eigenvalue weighted by Gasteiger charge is 2.36. The van der Waals surface area contributed by atoms with Gasteiger partial charge in [-0.05, 0) is 55.0 Å². The number of aromatic nitrogens is 1. The average molecular weight is 558 g/mol. The summed E-state index contributed by atoms with van der Waals surface area (Å²) < 4.78 is 52.4. The SMILES string of the molecule is COc1cccc(-c2cnc3c(c2)C(=O)N([C@H](C)CO)C[C@H](C)[C@H](CN(C)S(=O)(=O)c2ccc(F)cc2)O3)c1. The Bertz CT molecular complexity index is 1430. The summed E-state index contributed by atoms with van der Waals surface area (Å²) in [5.41, 5.74) is 1.66. The molecule has 1 aromatic heterocycles. The summed E-state index contributed by atoms with van der Waals surface area (Å²) in [5, 5.41) is 9.89. The molecule has 0 radical (unpaired) electrons. The first-order valence-corrected chi connectivity index (χ1v) is 13.9. The minimum atomic E-state index is -3.94. The van der Waals surface area contributed by atoms with Crippen molar-refractivity contribution < 1.29 is 32.2 Å². The Labute approximate surface area is 227 Å². The second-order valence-electron chi connectivity index (χ2n) is 9.67. The largest absolute Gasteiger partial charge is 0.497 e. The van der Waals surface area contributed by atoms with Gasteiger partial charge in [0, 0.05) is 31.3 Å². The maximum absolute atomic E-state index is 13.7. The van der Waals surface area contributed by atoms with Gasteiger partial charge in [0.25, 0.3) is 5.91 Å². The summed E-state index contributed by atoms with van der Waals surface area (Å²) in [4.78, 5) is 19.7. The van der Waals surface area contributed by atoms with Crippen LogP contribution in [0.15, 0.2) is 65.7 Å². The lowest BCUT2D eigenvalue weighted by atomic mass is 9.99. The molecule has 1 N–H and O–H groups in total. The quantitative estimate of drug-likeness (QED) is 0.452. The molecule has 0 unspecified atom stereocenters. The molecule has 11 heteroatoms. The normalized spacial score (nSPS) is 18.6. The molecule has 4 rings (SSSR count). The monoisotopic (exact) mass is 557 g/mol. The molecule has 2 heterocycles. The maximum Gasteiger partial charge on any atom is 0.259 e. The van der Waals surface area contributed by atoms with Crippen LogP contribution >= 0.6 is 0 Å². The molecule has 3 aromatic rings. The van der Waals surface area contributed by atoms with Gasteiger partial charge in [0.15, 0.2) is 0 Å². The van der Waals surface area contributed by atoms with Gasteiger partial charge in [-0.25, -0.2) is 17.8 Å². The molecule has 0 bridgehead atoms. The molecular formula is C28H32FN3O6S. The van der Waals surface area contributed by atoms with E-state index in [1.54, 1.807) is 31.2 Å². The van der Waals surface area contributed by atoms with E-state index in [1.165, 1.54) is 19.2 Å². The van der Waals surface area contributed by atoms with E-state index in [4.69, 9.17) is 9.47 Å². The number of amides is 1. The van der Waals surface area contributed by atoms with E-state index in [1.807, 2.05) is 31.2 Å². The van der Waals surface area contributed by atoms with E-state index in [9.17, 15) is 22.7 Å². The fourth-order valence-corrected chi connectivity index (χ4v) is 5.60. The molecule has 0 aliphatic carbocycles. The number of rotatable bonds is 8. The lowest BCUT2D eigenvalue weighted by Gasteiger charge is -2.37. The maximum atomic E-state index is 13.7. The summed E-state index contributed by atoms with van der Waals surface area (Å²) in [5.74, 6) is -0.474. The summed E-state index contributed by atoms with van der Waals surface area (Å²) in [7, 11) is -0.947. The Kier molecular flexibility index (Phi) is 8.53. The topological polar surface area (TPSA) is 109 Å². The number of carbonyl (C=O) groups excluding carboxylic acids is 1. The zero-order valence-electron chi connectivity index (χ0n) is 22.2. The van der Waals surface area contributed by atoms with Crippen molar-refractivity contribution in [1.29, 1.82) is 0 Å². The first kappa shape index (κ1) is 28.5. The van der Waals surface area contributed by atoms with Crippen LogP contribution in [0.25, 0.3) is 11.1 Å². The minimum Gasteiger partial charge on any atom is -0.497 e. The fraction of sp³-hybridized carbons (Fsp3) is 0.357. The molecule has 39 heavy (non-hydrogen) atoms. The van der Waals surface area contributed by atoms with E-state index in [-0.39, 0.29) is 47.9 Å². The molecular weight excluding hydrogens is 525 g/mol. The fourth-order valence-electron chi connectivity index (χ4n) is 4.42. The van der Waals surface area contributed by atoms with Gasteiger partial charge in [-0.15, -0.1) is 0 Å². The number of halogens is 1. The van der Waals surface area contributed by atoms with Crippen molar-refractivity contribution in [3.8, 4) is 22.8 Å². The van der Waals surface area contributed by atoms with Crippen molar-refractivity contribution in [3.05, 3.63) is 72.2 Å². The van der Waals surface area contributed by atoms with Crippen LogP contribution in [0.4, 0.5) is 4.39 Å². The first-order chi connectivity index (χ1) is 18.5. The van der Waals surface area contributed by atoms with Gasteiger partial charge in [-0.3, -0.25) is 4.79 Å². The number of sulfonamides is 1. The Morgan fingerprint density at radius 3 is 2.59 bits per heavy atom. The number of aliphatic hydroxyl groups excluding tert-OH is 1. The van der Waals surface area contributed by atoms with Gasteiger partial charge in [0.2, 0.25) is 15.9 Å². The number of methoxy groups -OCH3 is 1. The highest BCUT2D eigenvalue weighted by molar-refractivity contribution is 7.89. The van der Waals surface area contributed by atoms with E-state index in [2.05, 4.69) is 4.98 Å². The smallest absolute Gasteiger partial charge is 0.259 e. The molecule has 0 saturated carbocycles. The van der Waals surface area contributed by atoms with Crippen molar-refractivity contribution in [2.45, 2.75) is 30.9 Å². The van der Waals surface area contributed by atoms with Gasteiger partial charge in [-0.2, -0.15) is 4.31 Å². The van der Waals surface area contributed by atoms with Gasteiger partial charge < -0.3 is 19.5 Å². The molecule has 1 aliphatic heterocycles. The van der Waals surface area contributed by atoms with Crippen LogP contribution in [-0.4, -0.2) is 79.6 Å². The van der Waals surface area contributed by atoms with Crippen molar-refractivity contribution in [3.63, 3.8) is 0 Å². The molecule has 0 saturated heterocycles. The number of fused-ring (bicyclic) bond motifs is 1. The molecule has 208 valence electrons. The molecule has 2 aromatic carbocycles. The number of carbonyl (C=O) groups is 1. The third-order valence-electron chi connectivity index (χ3n) is 6.88. The average Bonchev–Trinajstić information content (AvgIpc) is 2.94. The number of pyridine rings is 1. The summed E-state index contributed by atoms with van der Waals surface area (Å²) in [6, 6.07) is 13.1. The van der Waals surface area contributed by atoms with Crippen molar-refractivity contribution in [1.82, 2.24) is 14.2 Å². The van der Waals surface area contributed by atoms with Gasteiger partial charge in [-0.1, -0.05) is 19.1 Å². The molecule has 0 spiro atoms. The number of ether oxygens (including phenoxy) is 2. The number of likely N-dealkylation sites (N-methyl/N-ethyl adjacent to an activating group) is 1. The zero-order chi connectivity index (χ0) is 28.3. The van der Waals surface area contributed by atoms with Crippen LogP contribution in [0, 0.1) is 11.7 Å². The lowest BCUT2D eigenvalue weighted by molar-refractivity contribution is 0.0373. The number of hydrogen-bond acceptors (Lipinski definition) is 7. The summed E-state index contributed by atoms with van der Waals surface area (Å²) in [6.45, 7) is 3.52. The van der Waals surface area contributed by atoms with E-state index in [0.29, 0.717) is 11.3 Å². The van der Waals surface area contributed by atoms with Crippen LogP contribution in [-0.2, 0) is 10.0 Å². The van der Waals surface area contributed by atoms with Gasteiger partial charge in [0.05, 0.1) is 31.2 Å². The molecule has 9 nitrogen and oxygen atoms in total. The standard InChI is InChI=1S/C28H32FN3O6S/c1-18-15-32(19(2)17-33)28(34)25-13-21(20-6-5-7-23(12-20)37-4)14-30-27(25)38-26(18)16-31(3)39(35,36)24-10-8-22(29)9-11-24/h5-14,18-19,26,33H,15-17H2,1-4H3/t18-,19+,26-/m0/s1. The second kappa shape index (κ2) is 11.7. The number of hydrogen-bond donors (Lipinski definition) is 1. The third-order valence-corrected chi connectivity index (χ3v) is 8.72. The predicted octanol–water partition coefficient (Wildman–Crippen LogP) is 3.44. The summed E-state index contributed by atoms with van der Waals surface area (Å²) in [6.07, 6.45) is 0.906.